The zero-order chi connectivity index (χ0) is 14.4. The van der Waals surface area contributed by atoms with Crippen LogP contribution in [0, 0.1) is 6.92 Å². The molecule has 3 nitrogen and oxygen atoms in total. The van der Waals surface area contributed by atoms with Crippen molar-refractivity contribution in [1.82, 2.24) is 5.32 Å². The first-order valence-corrected chi connectivity index (χ1v) is 6.63. The van der Waals surface area contributed by atoms with Crippen molar-refractivity contribution in [2.75, 3.05) is 7.11 Å². The number of amides is 1. The molecule has 0 aromatic heterocycles. The van der Waals surface area contributed by atoms with Crippen molar-refractivity contribution in [1.29, 1.82) is 0 Å². The molecule has 1 amide bonds. The molecule has 0 saturated heterocycles. The number of rotatable bonds is 5. The van der Waals surface area contributed by atoms with Crippen molar-refractivity contribution in [3.8, 4) is 5.75 Å². The summed E-state index contributed by atoms with van der Waals surface area (Å²) in [6, 6.07) is 15.7. The number of carbonyl (C=O) groups is 1. The molecule has 0 aliphatic heterocycles. The van der Waals surface area contributed by atoms with Gasteiger partial charge in [0, 0.05) is 12.1 Å². The molecule has 0 atom stereocenters. The molecule has 0 unspecified atom stereocenters. The van der Waals surface area contributed by atoms with Crippen molar-refractivity contribution in [3.05, 3.63) is 65.2 Å². The Kier molecular flexibility index (Phi) is 4.77. The Hall–Kier alpha value is -2.29. The van der Waals surface area contributed by atoms with E-state index in [0.29, 0.717) is 13.0 Å². The van der Waals surface area contributed by atoms with Crippen molar-refractivity contribution in [3.63, 3.8) is 0 Å². The molecule has 0 saturated carbocycles. The number of methoxy groups -OCH3 is 1. The van der Waals surface area contributed by atoms with E-state index in [1.54, 1.807) is 7.11 Å². The summed E-state index contributed by atoms with van der Waals surface area (Å²) >= 11 is 0. The summed E-state index contributed by atoms with van der Waals surface area (Å²) in [6.45, 7) is 2.51. The van der Waals surface area contributed by atoms with E-state index in [-0.39, 0.29) is 5.91 Å². The number of ether oxygens (including phenoxy) is 1. The Labute approximate surface area is 119 Å². The van der Waals surface area contributed by atoms with Gasteiger partial charge in [0.05, 0.1) is 13.5 Å². The Morgan fingerprint density at radius 1 is 1.15 bits per heavy atom. The summed E-state index contributed by atoms with van der Waals surface area (Å²) in [5.74, 6) is 0.815. The van der Waals surface area contributed by atoms with E-state index in [9.17, 15) is 4.79 Å². The fourth-order valence-corrected chi connectivity index (χ4v) is 2.08. The third-order valence-corrected chi connectivity index (χ3v) is 3.12. The van der Waals surface area contributed by atoms with E-state index in [4.69, 9.17) is 4.74 Å². The molecule has 0 radical (unpaired) electrons. The van der Waals surface area contributed by atoms with Gasteiger partial charge in [-0.15, -0.1) is 0 Å². The first-order chi connectivity index (χ1) is 9.69. The molecule has 0 aliphatic rings. The van der Waals surface area contributed by atoms with Crippen LogP contribution >= 0.6 is 0 Å². The lowest BCUT2D eigenvalue weighted by atomic mass is 10.1. The molecule has 2 aromatic rings. The highest BCUT2D eigenvalue weighted by Crippen LogP contribution is 2.19. The van der Waals surface area contributed by atoms with Gasteiger partial charge in [-0.1, -0.05) is 48.0 Å². The zero-order valence-corrected chi connectivity index (χ0v) is 11.8. The molecule has 3 heteroatoms. The monoisotopic (exact) mass is 269 g/mol. The maximum atomic E-state index is 11.9. The van der Waals surface area contributed by atoms with Crippen LogP contribution in [-0.2, 0) is 17.8 Å². The molecular formula is C17H19NO2. The van der Waals surface area contributed by atoms with Gasteiger partial charge in [0.25, 0.3) is 0 Å². The molecule has 20 heavy (non-hydrogen) atoms. The molecule has 1 N–H and O–H groups in total. The van der Waals surface area contributed by atoms with Crippen LogP contribution in [0.1, 0.15) is 16.7 Å². The molecule has 104 valence electrons. The summed E-state index contributed by atoms with van der Waals surface area (Å²) in [5, 5.41) is 2.93. The van der Waals surface area contributed by atoms with Crippen molar-refractivity contribution in [2.24, 2.45) is 0 Å². The van der Waals surface area contributed by atoms with Crippen LogP contribution in [0.25, 0.3) is 0 Å². The summed E-state index contributed by atoms with van der Waals surface area (Å²) in [5.41, 5.74) is 3.16. The van der Waals surface area contributed by atoms with Crippen molar-refractivity contribution in [2.45, 2.75) is 19.9 Å². The first kappa shape index (κ1) is 14.1. The van der Waals surface area contributed by atoms with Gasteiger partial charge in [-0.25, -0.2) is 0 Å². The first-order valence-electron chi connectivity index (χ1n) is 6.63. The summed E-state index contributed by atoms with van der Waals surface area (Å²) in [4.78, 5) is 11.9. The van der Waals surface area contributed by atoms with Gasteiger partial charge in [0.15, 0.2) is 0 Å². The highest BCUT2D eigenvalue weighted by atomic mass is 16.5. The summed E-state index contributed by atoms with van der Waals surface area (Å²) in [7, 11) is 1.64. The average Bonchev–Trinajstić information content (AvgIpc) is 2.46. The minimum Gasteiger partial charge on any atom is -0.496 e. The van der Waals surface area contributed by atoms with E-state index in [1.807, 2.05) is 55.5 Å². The number of aryl methyl sites for hydroxylation is 1. The minimum absolute atomic E-state index is 0.0137. The number of carbonyl (C=O) groups excluding carboxylic acids is 1. The van der Waals surface area contributed by atoms with Gasteiger partial charge in [-0.05, 0) is 18.6 Å². The third kappa shape index (κ3) is 3.85. The molecular weight excluding hydrogens is 250 g/mol. The van der Waals surface area contributed by atoms with E-state index in [2.05, 4.69) is 5.32 Å². The number of hydrogen-bond donors (Lipinski definition) is 1. The predicted octanol–water partition coefficient (Wildman–Crippen LogP) is 2.86. The lowest BCUT2D eigenvalue weighted by Gasteiger charge is -2.10. The minimum atomic E-state index is 0.0137. The third-order valence-electron chi connectivity index (χ3n) is 3.12. The molecule has 2 rings (SSSR count). The fourth-order valence-electron chi connectivity index (χ4n) is 2.08. The highest BCUT2D eigenvalue weighted by molar-refractivity contribution is 5.78. The maximum absolute atomic E-state index is 11.9. The Bertz CT molecular complexity index is 579. The molecule has 0 aliphatic carbocycles. The zero-order valence-electron chi connectivity index (χ0n) is 11.8. The fraction of sp³-hybridized carbons (Fsp3) is 0.235. The van der Waals surface area contributed by atoms with Crippen LogP contribution in [-0.4, -0.2) is 13.0 Å². The van der Waals surface area contributed by atoms with Crippen LogP contribution in [0.3, 0.4) is 0 Å². The topological polar surface area (TPSA) is 38.3 Å². The lowest BCUT2D eigenvalue weighted by Crippen LogP contribution is -2.24. The Balaban J connectivity index is 1.95. The van der Waals surface area contributed by atoms with Crippen LogP contribution in [0.4, 0.5) is 0 Å². The normalized spacial score (nSPS) is 10.1. The summed E-state index contributed by atoms with van der Waals surface area (Å²) < 4.78 is 5.30. The molecule has 0 heterocycles. The van der Waals surface area contributed by atoms with Gasteiger partial charge in [0.2, 0.25) is 5.91 Å². The molecule has 2 aromatic carbocycles. The van der Waals surface area contributed by atoms with Crippen LogP contribution in [0.15, 0.2) is 48.5 Å². The molecule has 0 fully saturated rings. The van der Waals surface area contributed by atoms with Crippen LogP contribution < -0.4 is 10.1 Å². The maximum Gasteiger partial charge on any atom is 0.224 e. The SMILES string of the molecule is COc1ccc(C)cc1CNC(=O)Cc1ccccc1. The van der Waals surface area contributed by atoms with Gasteiger partial charge in [-0.3, -0.25) is 4.79 Å². The predicted molar refractivity (Wildman–Crippen MR) is 79.7 cm³/mol. The second kappa shape index (κ2) is 6.75. The van der Waals surface area contributed by atoms with E-state index in [0.717, 1.165) is 22.4 Å². The summed E-state index contributed by atoms with van der Waals surface area (Å²) in [6.07, 6.45) is 0.398. The Morgan fingerprint density at radius 2 is 1.90 bits per heavy atom. The van der Waals surface area contributed by atoms with Gasteiger partial charge < -0.3 is 10.1 Å². The largest absolute Gasteiger partial charge is 0.496 e. The smallest absolute Gasteiger partial charge is 0.224 e. The van der Waals surface area contributed by atoms with E-state index >= 15 is 0 Å². The van der Waals surface area contributed by atoms with Crippen LogP contribution in [0.5, 0.6) is 5.75 Å². The second-order valence-corrected chi connectivity index (χ2v) is 4.75. The number of nitrogens with one attached hydrogen (secondary N) is 1. The standard InChI is InChI=1S/C17H19NO2/c1-13-8-9-16(20-2)15(10-13)12-18-17(19)11-14-6-4-3-5-7-14/h3-10H,11-12H2,1-2H3,(H,18,19). The molecule has 0 spiro atoms. The van der Waals surface area contributed by atoms with Gasteiger partial charge >= 0.3 is 0 Å². The number of benzene rings is 2. The van der Waals surface area contributed by atoms with Crippen LogP contribution in [0.2, 0.25) is 0 Å². The Morgan fingerprint density at radius 3 is 2.60 bits per heavy atom. The molecule has 0 bridgehead atoms. The van der Waals surface area contributed by atoms with Crippen molar-refractivity contribution >= 4 is 5.91 Å². The second-order valence-electron chi connectivity index (χ2n) is 4.75. The van der Waals surface area contributed by atoms with Crippen molar-refractivity contribution < 1.29 is 9.53 Å². The highest BCUT2D eigenvalue weighted by Gasteiger charge is 2.06. The lowest BCUT2D eigenvalue weighted by molar-refractivity contribution is -0.120. The van der Waals surface area contributed by atoms with Gasteiger partial charge in [-0.2, -0.15) is 0 Å². The average molecular weight is 269 g/mol. The quantitative estimate of drug-likeness (QED) is 0.906. The van der Waals surface area contributed by atoms with Gasteiger partial charge in [0.1, 0.15) is 5.75 Å². The number of hydrogen-bond acceptors (Lipinski definition) is 2. The van der Waals surface area contributed by atoms with E-state index in [1.165, 1.54) is 0 Å². The van der Waals surface area contributed by atoms with E-state index < -0.39 is 0 Å².